The normalized spacial score (nSPS) is 11.8. The van der Waals surface area contributed by atoms with E-state index in [0.29, 0.717) is 5.75 Å². The van der Waals surface area contributed by atoms with Crippen LogP contribution in [0, 0.1) is 25.6 Å². The maximum atomic E-state index is 11.1. The summed E-state index contributed by atoms with van der Waals surface area (Å²) in [5, 5.41) is 21.9. The molecule has 0 unspecified atom stereocenters. The van der Waals surface area contributed by atoms with Crippen LogP contribution in [-0.2, 0) is 5.41 Å². The van der Waals surface area contributed by atoms with Gasteiger partial charge in [-0.15, -0.1) is 0 Å². The van der Waals surface area contributed by atoms with Crippen LogP contribution in [0.15, 0.2) is 42.5 Å². The first-order valence-corrected chi connectivity index (χ1v) is 9.68. The highest BCUT2D eigenvalue weighted by Gasteiger charge is 2.27. The SMILES string of the molecule is CC(C)(C)CC(C)(C)c1ccc(OCCOc2ccc([N+](=O)[O-])cc2[N+](=O)[O-])cc1. The second kappa shape index (κ2) is 9.11. The van der Waals surface area contributed by atoms with E-state index in [0.717, 1.165) is 12.5 Å². The Labute approximate surface area is 176 Å². The monoisotopic (exact) mass is 416 g/mol. The zero-order chi connectivity index (χ0) is 22.5. The molecule has 8 heteroatoms. The third-order valence-corrected chi connectivity index (χ3v) is 4.57. The third kappa shape index (κ3) is 6.43. The second-order valence-corrected chi connectivity index (χ2v) is 9.01. The molecule has 0 fully saturated rings. The summed E-state index contributed by atoms with van der Waals surface area (Å²) in [5.41, 5.74) is 0.669. The Bertz CT molecular complexity index is 901. The van der Waals surface area contributed by atoms with Crippen LogP contribution in [-0.4, -0.2) is 23.1 Å². The quantitative estimate of drug-likeness (QED) is 0.296. The van der Waals surface area contributed by atoms with Crippen molar-refractivity contribution in [1.29, 1.82) is 0 Å². The summed E-state index contributed by atoms with van der Waals surface area (Å²) in [4.78, 5) is 20.5. The highest BCUT2D eigenvalue weighted by atomic mass is 16.6. The average Bonchev–Trinajstić information content (AvgIpc) is 2.63. The summed E-state index contributed by atoms with van der Waals surface area (Å²) in [7, 11) is 0. The van der Waals surface area contributed by atoms with E-state index in [1.54, 1.807) is 0 Å². The summed E-state index contributed by atoms with van der Waals surface area (Å²) in [6.45, 7) is 11.4. The maximum absolute atomic E-state index is 11.1. The van der Waals surface area contributed by atoms with Gasteiger partial charge in [0.2, 0.25) is 0 Å². The Morgan fingerprint density at radius 2 is 1.43 bits per heavy atom. The third-order valence-electron chi connectivity index (χ3n) is 4.57. The fourth-order valence-corrected chi connectivity index (χ4v) is 3.63. The molecule has 0 spiro atoms. The van der Waals surface area contributed by atoms with Crippen LogP contribution in [0.25, 0.3) is 0 Å². The number of nitrogens with zero attached hydrogens (tertiary/aromatic N) is 2. The van der Waals surface area contributed by atoms with Gasteiger partial charge in [-0.1, -0.05) is 46.8 Å². The Hall–Kier alpha value is -3.16. The lowest BCUT2D eigenvalue weighted by molar-refractivity contribution is -0.394. The lowest BCUT2D eigenvalue weighted by atomic mass is 9.72. The molecule has 0 radical (unpaired) electrons. The number of non-ortho nitro benzene ring substituents is 1. The van der Waals surface area contributed by atoms with Gasteiger partial charge in [0.15, 0.2) is 5.75 Å². The van der Waals surface area contributed by atoms with Crippen molar-refractivity contribution in [3.8, 4) is 11.5 Å². The van der Waals surface area contributed by atoms with Crippen LogP contribution in [0.4, 0.5) is 11.4 Å². The second-order valence-electron chi connectivity index (χ2n) is 9.01. The van der Waals surface area contributed by atoms with Crippen LogP contribution >= 0.6 is 0 Å². The van der Waals surface area contributed by atoms with Crippen molar-refractivity contribution in [2.45, 2.75) is 46.5 Å². The van der Waals surface area contributed by atoms with E-state index in [1.807, 2.05) is 24.3 Å². The van der Waals surface area contributed by atoms with Gasteiger partial charge in [0, 0.05) is 6.07 Å². The van der Waals surface area contributed by atoms with Gasteiger partial charge >= 0.3 is 5.69 Å². The largest absolute Gasteiger partial charge is 0.490 e. The van der Waals surface area contributed by atoms with E-state index in [9.17, 15) is 20.2 Å². The molecule has 0 aliphatic carbocycles. The van der Waals surface area contributed by atoms with Crippen molar-refractivity contribution in [2.75, 3.05) is 13.2 Å². The fraction of sp³-hybridized carbons (Fsp3) is 0.455. The minimum absolute atomic E-state index is 0.0338. The van der Waals surface area contributed by atoms with Crippen molar-refractivity contribution in [3.05, 3.63) is 68.3 Å². The first-order chi connectivity index (χ1) is 13.9. The molecule has 2 aromatic rings. The molecular formula is C22H28N2O6. The number of nitro benzene ring substituents is 2. The van der Waals surface area contributed by atoms with Crippen molar-refractivity contribution in [1.82, 2.24) is 0 Å². The molecule has 0 heterocycles. The number of ether oxygens (including phenoxy) is 2. The average molecular weight is 416 g/mol. The van der Waals surface area contributed by atoms with Crippen molar-refractivity contribution < 1.29 is 19.3 Å². The Morgan fingerprint density at radius 1 is 0.833 bits per heavy atom. The van der Waals surface area contributed by atoms with Gasteiger partial charge in [0.05, 0.1) is 15.9 Å². The topological polar surface area (TPSA) is 105 Å². The minimum atomic E-state index is -0.707. The van der Waals surface area contributed by atoms with Crippen LogP contribution < -0.4 is 9.47 Å². The predicted molar refractivity (Wildman–Crippen MR) is 114 cm³/mol. The van der Waals surface area contributed by atoms with Crippen molar-refractivity contribution >= 4 is 11.4 Å². The summed E-state index contributed by atoms with van der Waals surface area (Å²) in [6.07, 6.45) is 1.04. The van der Waals surface area contributed by atoms with Gasteiger partial charge in [0.25, 0.3) is 5.69 Å². The van der Waals surface area contributed by atoms with E-state index < -0.39 is 15.5 Å². The lowest BCUT2D eigenvalue weighted by Gasteiger charge is -2.33. The summed E-state index contributed by atoms with van der Waals surface area (Å²) >= 11 is 0. The Kier molecular flexibility index (Phi) is 7.02. The number of hydrogen-bond acceptors (Lipinski definition) is 6. The van der Waals surface area contributed by atoms with Crippen LogP contribution in [0.1, 0.15) is 46.6 Å². The van der Waals surface area contributed by atoms with Crippen molar-refractivity contribution in [2.24, 2.45) is 5.41 Å². The Balaban J connectivity index is 1.94. The van der Waals surface area contributed by atoms with Crippen LogP contribution in [0.2, 0.25) is 0 Å². The molecule has 2 aromatic carbocycles. The van der Waals surface area contributed by atoms with Gasteiger partial charge in [-0.3, -0.25) is 20.2 Å². The highest BCUT2D eigenvalue weighted by molar-refractivity contribution is 5.53. The van der Waals surface area contributed by atoms with Gasteiger partial charge in [-0.25, -0.2) is 0 Å². The molecule has 0 aromatic heterocycles. The molecular weight excluding hydrogens is 388 g/mol. The molecule has 30 heavy (non-hydrogen) atoms. The molecule has 0 bridgehead atoms. The molecule has 0 saturated carbocycles. The molecule has 162 valence electrons. The number of benzene rings is 2. The van der Waals surface area contributed by atoms with Gasteiger partial charge in [-0.05, 0) is 41.0 Å². The van der Waals surface area contributed by atoms with Gasteiger partial charge in [-0.2, -0.15) is 0 Å². The zero-order valence-electron chi connectivity index (χ0n) is 18.0. The molecule has 0 atom stereocenters. The minimum Gasteiger partial charge on any atom is -0.490 e. The van der Waals surface area contributed by atoms with Crippen LogP contribution in [0.5, 0.6) is 11.5 Å². The van der Waals surface area contributed by atoms with E-state index in [2.05, 4.69) is 34.6 Å². The van der Waals surface area contributed by atoms with E-state index in [-0.39, 0.29) is 35.5 Å². The molecule has 0 amide bonds. The summed E-state index contributed by atoms with van der Waals surface area (Å²) < 4.78 is 11.1. The molecule has 0 aliphatic heterocycles. The van der Waals surface area contributed by atoms with Gasteiger partial charge in [0.1, 0.15) is 19.0 Å². The number of nitro groups is 2. The molecule has 0 N–H and O–H groups in total. The maximum Gasteiger partial charge on any atom is 0.317 e. The summed E-state index contributed by atoms with van der Waals surface area (Å²) in [5.74, 6) is 0.639. The van der Waals surface area contributed by atoms with E-state index in [1.165, 1.54) is 17.7 Å². The molecule has 2 rings (SSSR count). The smallest absolute Gasteiger partial charge is 0.317 e. The van der Waals surface area contributed by atoms with Crippen molar-refractivity contribution in [3.63, 3.8) is 0 Å². The standard InChI is InChI=1S/C22H28N2O6/c1-21(2,3)15-22(4,5)16-6-9-18(10-7-16)29-12-13-30-20-11-8-17(23(25)26)14-19(20)24(27)28/h6-11,14H,12-13,15H2,1-5H3. The summed E-state index contributed by atoms with van der Waals surface area (Å²) in [6, 6.07) is 11.2. The molecule has 8 nitrogen and oxygen atoms in total. The molecule has 0 saturated heterocycles. The first-order valence-electron chi connectivity index (χ1n) is 9.68. The fourth-order valence-electron chi connectivity index (χ4n) is 3.63. The number of rotatable bonds is 9. The van der Waals surface area contributed by atoms with E-state index in [4.69, 9.17) is 9.47 Å². The first kappa shape index (κ1) is 23.1. The highest BCUT2D eigenvalue weighted by Crippen LogP contribution is 2.36. The lowest BCUT2D eigenvalue weighted by Crippen LogP contribution is -2.24. The van der Waals surface area contributed by atoms with E-state index >= 15 is 0 Å². The number of hydrogen-bond donors (Lipinski definition) is 0. The zero-order valence-corrected chi connectivity index (χ0v) is 18.0. The predicted octanol–water partition coefficient (Wildman–Crippen LogP) is 5.67. The molecule has 0 aliphatic rings. The van der Waals surface area contributed by atoms with Crippen LogP contribution in [0.3, 0.4) is 0 Å². The Morgan fingerprint density at radius 3 is 1.97 bits per heavy atom. The van der Waals surface area contributed by atoms with Gasteiger partial charge < -0.3 is 9.47 Å².